The number of aryl methyl sites for hydroxylation is 3. The van der Waals surface area contributed by atoms with Crippen molar-refractivity contribution in [1.29, 1.82) is 0 Å². The van der Waals surface area contributed by atoms with Gasteiger partial charge in [0.2, 0.25) is 0 Å². The zero-order chi connectivity index (χ0) is 13.6. The number of thiazole rings is 1. The molecule has 3 nitrogen and oxygen atoms in total. The van der Waals surface area contributed by atoms with Gasteiger partial charge in [0.1, 0.15) is 5.82 Å². The van der Waals surface area contributed by atoms with Crippen LogP contribution in [0.4, 0.5) is 5.82 Å². The summed E-state index contributed by atoms with van der Waals surface area (Å²) in [5.74, 6) is 0.744. The van der Waals surface area contributed by atoms with E-state index in [2.05, 4.69) is 47.5 Å². The zero-order valence-electron chi connectivity index (χ0n) is 11.4. The third kappa shape index (κ3) is 1.83. The van der Waals surface area contributed by atoms with E-state index < -0.39 is 0 Å². The average molecular weight is 271 g/mol. The van der Waals surface area contributed by atoms with Gasteiger partial charge in [-0.15, -0.1) is 11.3 Å². The number of hydrogen-bond acceptors (Lipinski definition) is 3. The van der Waals surface area contributed by atoms with Crippen LogP contribution in [0, 0.1) is 13.8 Å². The molecule has 0 fully saturated rings. The quantitative estimate of drug-likeness (QED) is 0.770. The molecular weight excluding hydrogens is 254 g/mol. The van der Waals surface area contributed by atoms with Crippen molar-refractivity contribution >= 4 is 22.1 Å². The first-order valence-corrected chi connectivity index (χ1v) is 7.26. The van der Waals surface area contributed by atoms with Crippen LogP contribution in [0.3, 0.4) is 0 Å². The van der Waals surface area contributed by atoms with Crippen molar-refractivity contribution in [3.8, 4) is 11.3 Å². The van der Waals surface area contributed by atoms with Crippen LogP contribution in [-0.4, -0.2) is 9.38 Å². The van der Waals surface area contributed by atoms with Crippen LogP contribution in [0.2, 0.25) is 0 Å². The Kier molecular flexibility index (Phi) is 2.82. The molecule has 0 saturated heterocycles. The van der Waals surface area contributed by atoms with Gasteiger partial charge in [-0.2, -0.15) is 0 Å². The number of anilines is 1. The molecule has 0 aliphatic heterocycles. The smallest absolute Gasteiger partial charge is 0.196 e. The highest BCUT2D eigenvalue weighted by Gasteiger charge is 2.16. The van der Waals surface area contributed by atoms with Gasteiger partial charge in [0.05, 0.1) is 11.4 Å². The van der Waals surface area contributed by atoms with Crippen LogP contribution in [0.25, 0.3) is 16.2 Å². The van der Waals surface area contributed by atoms with E-state index in [1.165, 1.54) is 21.7 Å². The topological polar surface area (TPSA) is 43.3 Å². The van der Waals surface area contributed by atoms with Crippen LogP contribution >= 0.6 is 11.3 Å². The Labute approximate surface area is 116 Å². The van der Waals surface area contributed by atoms with Crippen LogP contribution in [0.15, 0.2) is 24.3 Å². The van der Waals surface area contributed by atoms with Gasteiger partial charge in [0.25, 0.3) is 0 Å². The Morgan fingerprint density at radius 1 is 1.21 bits per heavy atom. The Bertz CT molecular complexity index is 735. The van der Waals surface area contributed by atoms with E-state index in [1.54, 1.807) is 11.3 Å². The number of imidazole rings is 1. The Balaban J connectivity index is 2.25. The maximum absolute atomic E-state index is 6.15. The minimum atomic E-state index is 0.744. The fraction of sp³-hybridized carbons (Fsp3) is 0.267. The first-order chi connectivity index (χ1) is 9.11. The lowest BCUT2D eigenvalue weighted by atomic mass is 10.1. The molecule has 4 heteroatoms. The fourth-order valence-electron chi connectivity index (χ4n) is 2.37. The van der Waals surface area contributed by atoms with E-state index in [0.717, 1.165) is 22.9 Å². The van der Waals surface area contributed by atoms with E-state index in [4.69, 9.17) is 5.73 Å². The van der Waals surface area contributed by atoms with Gasteiger partial charge in [-0.3, -0.25) is 4.40 Å². The number of nitrogens with zero attached hydrogens (tertiary/aromatic N) is 2. The third-order valence-electron chi connectivity index (χ3n) is 3.50. The maximum atomic E-state index is 6.15. The Morgan fingerprint density at radius 2 is 1.89 bits per heavy atom. The summed E-state index contributed by atoms with van der Waals surface area (Å²) >= 11 is 1.69. The monoisotopic (exact) mass is 271 g/mol. The van der Waals surface area contributed by atoms with Crippen molar-refractivity contribution in [3.05, 3.63) is 40.4 Å². The number of nitrogens with two attached hydrogens (primary N) is 1. The second-order valence-electron chi connectivity index (χ2n) is 4.76. The summed E-state index contributed by atoms with van der Waals surface area (Å²) in [7, 11) is 0. The molecule has 0 amide bonds. The highest BCUT2D eigenvalue weighted by molar-refractivity contribution is 7.17. The van der Waals surface area contributed by atoms with Crippen molar-refractivity contribution < 1.29 is 0 Å². The summed E-state index contributed by atoms with van der Waals surface area (Å²) in [4.78, 5) is 6.73. The number of rotatable bonds is 2. The number of fused-ring (bicyclic) bond motifs is 1. The predicted octanol–water partition coefficient (Wildman–Crippen LogP) is 3.82. The van der Waals surface area contributed by atoms with Crippen LogP contribution in [-0.2, 0) is 6.42 Å². The molecular formula is C15H17N3S. The summed E-state index contributed by atoms with van der Waals surface area (Å²) in [5, 5.41) is 0. The van der Waals surface area contributed by atoms with Crippen LogP contribution < -0.4 is 5.73 Å². The van der Waals surface area contributed by atoms with Gasteiger partial charge in [-0.1, -0.05) is 31.2 Å². The molecule has 3 rings (SSSR count). The second-order valence-corrected chi connectivity index (χ2v) is 5.94. The largest absolute Gasteiger partial charge is 0.383 e. The Hall–Kier alpha value is -1.81. The van der Waals surface area contributed by atoms with Crippen LogP contribution in [0.5, 0.6) is 0 Å². The first-order valence-electron chi connectivity index (χ1n) is 6.45. The van der Waals surface area contributed by atoms with Crippen LogP contribution in [0.1, 0.15) is 23.1 Å². The van der Waals surface area contributed by atoms with Crippen molar-refractivity contribution in [1.82, 2.24) is 9.38 Å². The molecule has 2 heterocycles. The summed E-state index contributed by atoms with van der Waals surface area (Å²) < 4.78 is 2.07. The standard InChI is InChI=1S/C15H17N3S/c1-4-11-5-7-12(8-6-11)13-10(3)19-15-17-9(2)14(16)18(13)15/h5-8H,4,16H2,1-3H3. The molecule has 0 saturated carbocycles. The lowest BCUT2D eigenvalue weighted by molar-refractivity contribution is 1.14. The van der Waals surface area contributed by atoms with E-state index in [1.807, 2.05) is 6.92 Å². The van der Waals surface area contributed by atoms with Gasteiger partial charge in [0.15, 0.2) is 4.96 Å². The molecule has 0 atom stereocenters. The molecule has 98 valence electrons. The van der Waals surface area contributed by atoms with Crippen molar-refractivity contribution in [2.75, 3.05) is 5.73 Å². The minimum Gasteiger partial charge on any atom is -0.383 e. The molecule has 2 aromatic heterocycles. The minimum absolute atomic E-state index is 0.744. The molecule has 2 N–H and O–H groups in total. The Morgan fingerprint density at radius 3 is 2.53 bits per heavy atom. The molecule has 0 bridgehead atoms. The zero-order valence-corrected chi connectivity index (χ0v) is 12.2. The molecule has 0 aliphatic rings. The van der Waals surface area contributed by atoms with Crippen molar-refractivity contribution in [2.24, 2.45) is 0 Å². The lowest BCUT2D eigenvalue weighted by Crippen LogP contribution is -1.96. The van der Waals surface area contributed by atoms with Gasteiger partial charge < -0.3 is 5.73 Å². The highest BCUT2D eigenvalue weighted by Crippen LogP contribution is 2.34. The normalized spacial score (nSPS) is 11.3. The molecule has 19 heavy (non-hydrogen) atoms. The van der Waals surface area contributed by atoms with Gasteiger partial charge in [-0.05, 0) is 31.4 Å². The first kappa shape index (κ1) is 12.2. The number of nitrogen functional groups attached to an aromatic ring is 1. The summed E-state index contributed by atoms with van der Waals surface area (Å²) in [5.41, 5.74) is 10.8. The fourth-order valence-corrected chi connectivity index (χ4v) is 3.42. The third-order valence-corrected chi connectivity index (χ3v) is 4.46. The van der Waals surface area contributed by atoms with Gasteiger partial charge in [0, 0.05) is 4.88 Å². The lowest BCUT2D eigenvalue weighted by Gasteiger charge is -2.05. The average Bonchev–Trinajstić information content (AvgIpc) is 2.86. The van der Waals surface area contributed by atoms with Gasteiger partial charge >= 0.3 is 0 Å². The van der Waals surface area contributed by atoms with E-state index in [9.17, 15) is 0 Å². The van der Waals surface area contributed by atoms with Crippen molar-refractivity contribution in [3.63, 3.8) is 0 Å². The molecule has 0 radical (unpaired) electrons. The van der Waals surface area contributed by atoms with Gasteiger partial charge in [-0.25, -0.2) is 4.98 Å². The summed E-state index contributed by atoms with van der Waals surface area (Å²) in [6, 6.07) is 8.70. The van der Waals surface area contributed by atoms with Crippen molar-refractivity contribution in [2.45, 2.75) is 27.2 Å². The molecule has 1 aromatic carbocycles. The summed E-state index contributed by atoms with van der Waals surface area (Å²) in [6.45, 7) is 6.24. The maximum Gasteiger partial charge on any atom is 0.196 e. The molecule has 0 aliphatic carbocycles. The van der Waals surface area contributed by atoms with E-state index in [0.29, 0.717) is 0 Å². The van der Waals surface area contributed by atoms with E-state index >= 15 is 0 Å². The SMILES string of the molecule is CCc1ccc(-c2c(C)sc3nc(C)c(N)n23)cc1. The predicted molar refractivity (Wildman–Crippen MR) is 81.8 cm³/mol. The molecule has 0 spiro atoms. The number of aromatic nitrogens is 2. The highest BCUT2D eigenvalue weighted by atomic mass is 32.1. The number of hydrogen-bond donors (Lipinski definition) is 1. The number of benzene rings is 1. The molecule has 3 aromatic rings. The molecule has 0 unspecified atom stereocenters. The second kappa shape index (κ2) is 4.38. The summed E-state index contributed by atoms with van der Waals surface area (Å²) in [6.07, 6.45) is 1.06. The van der Waals surface area contributed by atoms with E-state index in [-0.39, 0.29) is 0 Å².